The van der Waals surface area contributed by atoms with E-state index in [1.54, 1.807) is 11.3 Å². The van der Waals surface area contributed by atoms with E-state index in [0.29, 0.717) is 5.92 Å². The molecule has 2 aromatic heterocycles. The molecule has 0 saturated heterocycles. The van der Waals surface area contributed by atoms with Crippen LogP contribution in [-0.2, 0) is 6.42 Å². The number of nitrogens with zero attached hydrogens (tertiary/aromatic N) is 1. The van der Waals surface area contributed by atoms with Crippen molar-refractivity contribution in [3.8, 4) is 10.6 Å². The summed E-state index contributed by atoms with van der Waals surface area (Å²) >= 11 is 1.74. The second kappa shape index (κ2) is 4.19. The van der Waals surface area contributed by atoms with Gasteiger partial charge in [-0.25, -0.2) is 0 Å². The zero-order chi connectivity index (χ0) is 10.8. The summed E-state index contributed by atoms with van der Waals surface area (Å²) in [6.45, 7) is 6.47. The normalized spacial score (nSPS) is 11.2. The Bertz CT molecular complexity index is 442. The first-order chi connectivity index (χ1) is 7.15. The first kappa shape index (κ1) is 10.4. The van der Waals surface area contributed by atoms with Crippen molar-refractivity contribution < 1.29 is 4.52 Å². The highest BCUT2D eigenvalue weighted by Crippen LogP contribution is 2.28. The molecule has 2 nitrogen and oxygen atoms in total. The second-order valence-corrected chi connectivity index (χ2v) is 5.48. The number of hydrogen-bond acceptors (Lipinski definition) is 3. The molecular weight excluding hydrogens is 206 g/mol. The van der Waals surface area contributed by atoms with Gasteiger partial charge in [0.25, 0.3) is 0 Å². The number of thiophene rings is 1. The van der Waals surface area contributed by atoms with Crippen LogP contribution in [0.2, 0.25) is 0 Å². The van der Waals surface area contributed by atoms with Crippen LogP contribution < -0.4 is 0 Å². The molecule has 0 bridgehead atoms. The minimum Gasteiger partial charge on any atom is -0.355 e. The maximum atomic E-state index is 5.33. The van der Waals surface area contributed by atoms with Gasteiger partial charge in [-0.3, -0.25) is 0 Å². The van der Waals surface area contributed by atoms with Crippen molar-refractivity contribution in [2.24, 2.45) is 5.92 Å². The molecule has 0 unspecified atom stereocenters. The lowest BCUT2D eigenvalue weighted by atomic mass is 10.1. The molecular formula is C12H15NOS. The fourth-order valence-corrected chi connectivity index (χ4v) is 2.33. The Balaban J connectivity index is 2.20. The van der Waals surface area contributed by atoms with Crippen LogP contribution in [-0.4, -0.2) is 5.16 Å². The van der Waals surface area contributed by atoms with Gasteiger partial charge in [0.2, 0.25) is 0 Å². The lowest BCUT2D eigenvalue weighted by Gasteiger charge is -1.96. The standard InChI is InChI=1S/C12H15NOS/c1-8(2)6-10-7-11(14-13-10)12-5-4-9(3)15-12/h4-5,7-8H,6H2,1-3H3. The summed E-state index contributed by atoms with van der Waals surface area (Å²) in [6.07, 6.45) is 0.980. The molecule has 2 rings (SSSR count). The summed E-state index contributed by atoms with van der Waals surface area (Å²) in [5.41, 5.74) is 1.05. The monoisotopic (exact) mass is 221 g/mol. The fourth-order valence-electron chi connectivity index (χ4n) is 1.51. The predicted octanol–water partition coefficient (Wildman–Crippen LogP) is 3.91. The van der Waals surface area contributed by atoms with Crippen molar-refractivity contribution in [2.45, 2.75) is 27.2 Å². The molecule has 0 saturated carbocycles. The third-order valence-electron chi connectivity index (χ3n) is 2.16. The minimum absolute atomic E-state index is 0.619. The van der Waals surface area contributed by atoms with E-state index in [0.717, 1.165) is 22.8 Å². The van der Waals surface area contributed by atoms with Crippen molar-refractivity contribution >= 4 is 11.3 Å². The molecule has 0 atom stereocenters. The summed E-state index contributed by atoms with van der Waals surface area (Å²) in [4.78, 5) is 2.46. The molecule has 0 aliphatic rings. The molecule has 15 heavy (non-hydrogen) atoms. The van der Waals surface area contributed by atoms with Gasteiger partial charge in [-0.05, 0) is 31.4 Å². The Labute approximate surface area is 93.9 Å². The van der Waals surface area contributed by atoms with E-state index in [9.17, 15) is 0 Å². The molecule has 0 aliphatic heterocycles. The SMILES string of the molecule is Cc1ccc(-c2cc(CC(C)C)no2)s1. The Kier molecular flexibility index (Phi) is 2.91. The first-order valence-corrected chi connectivity index (χ1v) is 5.99. The van der Waals surface area contributed by atoms with Gasteiger partial charge in [0, 0.05) is 10.9 Å². The van der Waals surface area contributed by atoms with E-state index in [4.69, 9.17) is 4.52 Å². The van der Waals surface area contributed by atoms with Crippen LogP contribution in [0.4, 0.5) is 0 Å². The highest BCUT2D eigenvalue weighted by Gasteiger charge is 2.09. The summed E-state index contributed by atoms with van der Waals surface area (Å²) < 4.78 is 5.33. The Morgan fingerprint density at radius 3 is 2.80 bits per heavy atom. The molecule has 0 amide bonds. The van der Waals surface area contributed by atoms with Crippen molar-refractivity contribution in [3.63, 3.8) is 0 Å². The van der Waals surface area contributed by atoms with Gasteiger partial charge < -0.3 is 4.52 Å². The van der Waals surface area contributed by atoms with E-state index in [-0.39, 0.29) is 0 Å². The summed E-state index contributed by atoms with van der Waals surface area (Å²) in [5, 5.41) is 4.07. The van der Waals surface area contributed by atoms with Gasteiger partial charge >= 0.3 is 0 Å². The van der Waals surface area contributed by atoms with Gasteiger partial charge in [0.15, 0.2) is 5.76 Å². The van der Waals surface area contributed by atoms with E-state index >= 15 is 0 Å². The lowest BCUT2D eigenvalue weighted by Crippen LogP contribution is -1.92. The predicted molar refractivity (Wildman–Crippen MR) is 63.1 cm³/mol. The van der Waals surface area contributed by atoms with Gasteiger partial charge in [-0.15, -0.1) is 11.3 Å². The lowest BCUT2D eigenvalue weighted by molar-refractivity contribution is 0.419. The maximum Gasteiger partial charge on any atom is 0.177 e. The number of hydrogen-bond donors (Lipinski definition) is 0. The van der Waals surface area contributed by atoms with Crippen LogP contribution in [0.1, 0.15) is 24.4 Å². The van der Waals surface area contributed by atoms with Crippen LogP contribution in [0.15, 0.2) is 22.7 Å². The Morgan fingerprint density at radius 2 is 2.20 bits per heavy atom. The highest BCUT2D eigenvalue weighted by atomic mass is 32.1. The minimum atomic E-state index is 0.619. The maximum absolute atomic E-state index is 5.33. The van der Waals surface area contributed by atoms with Gasteiger partial charge in [-0.2, -0.15) is 0 Å². The average molecular weight is 221 g/mol. The molecule has 0 spiro atoms. The number of aromatic nitrogens is 1. The Hall–Kier alpha value is -1.09. The van der Waals surface area contributed by atoms with E-state index < -0.39 is 0 Å². The third-order valence-corrected chi connectivity index (χ3v) is 3.17. The van der Waals surface area contributed by atoms with Gasteiger partial charge in [0.05, 0.1) is 10.6 Å². The Morgan fingerprint density at radius 1 is 1.40 bits per heavy atom. The largest absolute Gasteiger partial charge is 0.355 e. The summed E-state index contributed by atoms with van der Waals surface area (Å²) in [6, 6.07) is 6.23. The van der Waals surface area contributed by atoms with Gasteiger partial charge in [0.1, 0.15) is 0 Å². The zero-order valence-corrected chi connectivity index (χ0v) is 10.1. The van der Waals surface area contributed by atoms with E-state index in [2.05, 4.69) is 38.1 Å². The number of aryl methyl sites for hydroxylation is 1. The van der Waals surface area contributed by atoms with Crippen molar-refractivity contribution in [1.29, 1.82) is 0 Å². The molecule has 0 radical (unpaired) electrons. The second-order valence-electron chi connectivity index (χ2n) is 4.19. The highest BCUT2D eigenvalue weighted by molar-refractivity contribution is 7.15. The molecule has 0 N–H and O–H groups in total. The van der Waals surface area contributed by atoms with Crippen LogP contribution >= 0.6 is 11.3 Å². The van der Waals surface area contributed by atoms with Crippen molar-refractivity contribution in [2.75, 3.05) is 0 Å². The third kappa shape index (κ3) is 2.48. The molecule has 2 heterocycles. The quantitative estimate of drug-likeness (QED) is 0.785. The van der Waals surface area contributed by atoms with Crippen LogP contribution in [0.25, 0.3) is 10.6 Å². The zero-order valence-electron chi connectivity index (χ0n) is 9.28. The van der Waals surface area contributed by atoms with Crippen LogP contribution in [0.3, 0.4) is 0 Å². The van der Waals surface area contributed by atoms with Crippen molar-refractivity contribution in [1.82, 2.24) is 5.16 Å². The fraction of sp³-hybridized carbons (Fsp3) is 0.417. The molecule has 2 aromatic rings. The van der Waals surface area contributed by atoms with Gasteiger partial charge in [-0.1, -0.05) is 19.0 Å². The average Bonchev–Trinajstić information content (AvgIpc) is 2.72. The molecule has 0 aliphatic carbocycles. The molecule has 80 valence electrons. The molecule has 0 aromatic carbocycles. The topological polar surface area (TPSA) is 26.0 Å². The summed E-state index contributed by atoms with van der Waals surface area (Å²) in [7, 11) is 0. The molecule has 3 heteroatoms. The smallest absolute Gasteiger partial charge is 0.177 e. The van der Waals surface area contributed by atoms with E-state index in [1.165, 1.54) is 4.88 Å². The van der Waals surface area contributed by atoms with Crippen LogP contribution in [0.5, 0.6) is 0 Å². The number of rotatable bonds is 3. The van der Waals surface area contributed by atoms with E-state index in [1.807, 2.05) is 6.07 Å². The molecule has 0 fully saturated rings. The summed E-state index contributed by atoms with van der Waals surface area (Å²) in [5.74, 6) is 1.51. The van der Waals surface area contributed by atoms with Crippen molar-refractivity contribution in [3.05, 3.63) is 28.8 Å². The first-order valence-electron chi connectivity index (χ1n) is 5.17. The van der Waals surface area contributed by atoms with Crippen LogP contribution in [0, 0.1) is 12.8 Å².